The van der Waals surface area contributed by atoms with Crippen molar-refractivity contribution in [1.82, 2.24) is 4.40 Å². The fraction of sp³-hybridized carbons (Fsp3) is 0.158. The molecule has 2 heterocycles. The third-order valence-corrected chi connectivity index (χ3v) is 3.93. The molecule has 0 aliphatic carbocycles. The number of ketones is 1. The molecule has 0 radical (unpaired) electrons. The quantitative estimate of drug-likeness (QED) is 0.381. The van der Waals surface area contributed by atoms with Gasteiger partial charge in [-0.15, -0.1) is 0 Å². The van der Waals surface area contributed by atoms with Crippen molar-refractivity contribution in [2.24, 2.45) is 0 Å². The lowest BCUT2D eigenvalue weighted by molar-refractivity contribution is -0.137. The van der Waals surface area contributed by atoms with Crippen molar-refractivity contribution in [3.63, 3.8) is 0 Å². The normalized spacial score (nSPS) is 11.6. The van der Waals surface area contributed by atoms with E-state index in [1.807, 2.05) is 0 Å². The number of carbonyl (C=O) groups excluding carboxylic acids is 2. The molecule has 3 aromatic rings. The van der Waals surface area contributed by atoms with Gasteiger partial charge in [-0.2, -0.15) is 13.2 Å². The lowest BCUT2D eigenvalue weighted by atomic mass is 10.1. The Kier molecular flexibility index (Phi) is 4.73. The molecule has 1 aromatic carbocycles. The molecule has 140 valence electrons. The smallest absolute Gasteiger partial charge is 0.416 e. The Hall–Kier alpha value is -3.16. The zero-order valence-electron chi connectivity index (χ0n) is 14.0. The maximum Gasteiger partial charge on any atom is 0.416 e. The van der Waals surface area contributed by atoms with E-state index in [2.05, 4.69) is 0 Å². The van der Waals surface area contributed by atoms with Gasteiger partial charge in [0.25, 0.3) is 0 Å². The minimum absolute atomic E-state index is 0.0242. The van der Waals surface area contributed by atoms with Crippen LogP contribution in [0.4, 0.5) is 17.6 Å². The van der Waals surface area contributed by atoms with Crippen molar-refractivity contribution in [3.05, 3.63) is 76.9 Å². The van der Waals surface area contributed by atoms with E-state index in [9.17, 15) is 27.2 Å². The molecule has 2 aromatic heterocycles. The van der Waals surface area contributed by atoms with E-state index in [4.69, 9.17) is 4.74 Å². The van der Waals surface area contributed by atoms with Gasteiger partial charge < -0.3 is 9.14 Å². The molecule has 0 aliphatic heterocycles. The second kappa shape index (κ2) is 6.86. The van der Waals surface area contributed by atoms with Crippen LogP contribution < -0.4 is 0 Å². The van der Waals surface area contributed by atoms with Crippen LogP contribution in [0.2, 0.25) is 0 Å². The summed E-state index contributed by atoms with van der Waals surface area (Å²) in [6.07, 6.45) is -3.54. The maximum absolute atomic E-state index is 13.1. The Morgan fingerprint density at radius 1 is 1.07 bits per heavy atom. The van der Waals surface area contributed by atoms with Gasteiger partial charge in [-0.05, 0) is 49.4 Å². The third-order valence-electron chi connectivity index (χ3n) is 3.93. The van der Waals surface area contributed by atoms with Gasteiger partial charge in [0.1, 0.15) is 5.82 Å². The van der Waals surface area contributed by atoms with Crippen molar-refractivity contribution in [1.29, 1.82) is 0 Å². The first-order chi connectivity index (χ1) is 12.7. The summed E-state index contributed by atoms with van der Waals surface area (Å²) in [5, 5.41) is 0. The van der Waals surface area contributed by atoms with Crippen LogP contribution in [0.5, 0.6) is 0 Å². The van der Waals surface area contributed by atoms with E-state index in [0.29, 0.717) is 0 Å². The van der Waals surface area contributed by atoms with Gasteiger partial charge in [-0.3, -0.25) is 4.79 Å². The minimum atomic E-state index is -4.61. The van der Waals surface area contributed by atoms with Gasteiger partial charge in [-0.25, -0.2) is 9.18 Å². The third kappa shape index (κ3) is 3.55. The highest BCUT2D eigenvalue weighted by molar-refractivity contribution is 6.11. The Balaban J connectivity index is 2.19. The van der Waals surface area contributed by atoms with Crippen LogP contribution >= 0.6 is 0 Å². The largest absolute Gasteiger partial charge is 0.462 e. The van der Waals surface area contributed by atoms with E-state index in [1.54, 1.807) is 6.92 Å². The van der Waals surface area contributed by atoms with Gasteiger partial charge in [0.15, 0.2) is 0 Å². The molecule has 0 aliphatic rings. The summed E-state index contributed by atoms with van der Waals surface area (Å²) in [6.45, 7) is 1.58. The molecule has 27 heavy (non-hydrogen) atoms. The van der Waals surface area contributed by atoms with Crippen molar-refractivity contribution in [3.8, 4) is 0 Å². The Morgan fingerprint density at radius 2 is 1.74 bits per heavy atom. The van der Waals surface area contributed by atoms with E-state index >= 15 is 0 Å². The van der Waals surface area contributed by atoms with Crippen LogP contribution in [0.15, 0.2) is 48.7 Å². The predicted molar refractivity (Wildman–Crippen MR) is 88.2 cm³/mol. The molecular formula is C19H13F4NO3. The van der Waals surface area contributed by atoms with Crippen molar-refractivity contribution in [2.45, 2.75) is 13.1 Å². The lowest BCUT2D eigenvalue weighted by Crippen LogP contribution is -2.08. The molecule has 0 N–H and O–H groups in total. The van der Waals surface area contributed by atoms with Crippen LogP contribution in [0.1, 0.15) is 38.9 Å². The highest BCUT2D eigenvalue weighted by Gasteiger charge is 2.32. The van der Waals surface area contributed by atoms with E-state index in [0.717, 1.165) is 30.5 Å². The number of benzene rings is 1. The average Bonchev–Trinajstić information content (AvgIpc) is 3.00. The SMILES string of the molecule is CCOC(=O)c1cc(C(=O)c2ccc(F)cc2)n2ccc(C(F)(F)F)cc12. The van der Waals surface area contributed by atoms with Crippen LogP contribution in [-0.4, -0.2) is 22.8 Å². The zero-order chi connectivity index (χ0) is 19.8. The number of carbonyl (C=O) groups is 2. The Labute approximate surface area is 151 Å². The van der Waals surface area contributed by atoms with Gasteiger partial charge in [0.05, 0.1) is 28.9 Å². The van der Waals surface area contributed by atoms with Gasteiger partial charge >= 0.3 is 12.1 Å². The van der Waals surface area contributed by atoms with Crippen LogP contribution in [0.3, 0.4) is 0 Å². The number of fused-ring (bicyclic) bond motifs is 1. The molecule has 0 amide bonds. The zero-order valence-corrected chi connectivity index (χ0v) is 14.0. The summed E-state index contributed by atoms with van der Waals surface area (Å²) in [4.78, 5) is 24.9. The summed E-state index contributed by atoms with van der Waals surface area (Å²) >= 11 is 0. The first-order valence-electron chi connectivity index (χ1n) is 7.92. The first-order valence-corrected chi connectivity index (χ1v) is 7.92. The second-order valence-electron chi connectivity index (χ2n) is 5.67. The van der Waals surface area contributed by atoms with Gasteiger partial charge in [-0.1, -0.05) is 0 Å². The maximum atomic E-state index is 13.1. The molecular weight excluding hydrogens is 366 g/mol. The van der Waals surface area contributed by atoms with Crippen molar-refractivity contribution >= 4 is 17.3 Å². The van der Waals surface area contributed by atoms with Crippen molar-refractivity contribution in [2.75, 3.05) is 6.61 Å². The number of aromatic nitrogens is 1. The molecule has 0 saturated heterocycles. The summed E-state index contributed by atoms with van der Waals surface area (Å²) < 4.78 is 58.3. The Bertz CT molecular complexity index is 1020. The highest BCUT2D eigenvalue weighted by atomic mass is 19.4. The second-order valence-corrected chi connectivity index (χ2v) is 5.67. The molecule has 0 saturated carbocycles. The van der Waals surface area contributed by atoms with Crippen LogP contribution in [0.25, 0.3) is 5.52 Å². The highest BCUT2D eigenvalue weighted by Crippen LogP contribution is 2.32. The van der Waals surface area contributed by atoms with Crippen LogP contribution in [-0.2, 0) is 10.9 Å². The number of esters is 1. The number of pyridine rings is 1. The molecule has 0 bridgehead atoms. The molecule has 3 rings (SSSR count). The average molecular weight is 379 g/mol. The number of rotatable bonds is 4. The van der Waals surface area contributed by atoms with Crippen LogP contribution in [0, 0.1) is 5.82 Å². The molecule has 4 nitrogen and oxygen atoms in total. The number of hydrogen-bond donors (Lipinski definition) is 0. The molecule has 0 fully saturated rings. The molecule has 0 spiro atoms. The summed E-state index contributed by atoms with van der Waals surface area (Å²) in [5.41, 5.74) is -1.12. The molecule has 8 heteroatoms. The number of alkyl halides is 3. The standard InChI is InChI=1S/C19H13F4NO3/c1-2-27-18(26)14-10-16(17(25)11-3-5-13(20)6-4-11)24-8-7-12(9-15(14)24)19(21,22)23/h3-10H,2H2,1H3. The fourth-order valence-electron chi connectivity index (χ4n) is 2.67. The van der Waals surface area contributed by atoms with Gasteiger partial charge in [0, 0.05) is 11.8 Å². The van der Waals surface area contributed by atoms with Crippen molar-refractivity contribution < 1.29 is 31.9 Å². The summed E-state index contributed by atoms with van der Waals surface area (Å²) in [7, 11) is 0. The minimum Gasteiger partial charge on any atom is -0.462 e. The monoisotopic (exact) mass is 379 g/mol. The summed E-state index contributed by atoms with van der Waals surface area (Å²) in [6, 6.07) is 7.47. The lowest BCUT2D eigenvalue weighted by Gasteiger charge is -2.09. The van der Waals surface area contributed by atoms with E-state index < -0.39 is 29.3 Å². The first kappa shape index (κ1) is 18.6. The van der Waals surface area contributed by atoms with Gasteiger partial charge in [0.2, 0.25) is 5.78 Å². The topological polar surface area (TPSA) is 47.8 Å². The fourth-order valence-corrected chi connectivity index (χ4v) is 2.67. The number of halogens is 4. The van der Waals surface area contributed by atoms with E-state index in [-0.39, 0.29) is 28.9 Å². The number of nitrogens with zero attached hydrogens (tertiary/aromatic N) is 1. The molecule has 0 atom stereocenters. The number of ether oxygens (including phenoxy) is 1. The molecule has 0 unspecified atom stereocenters. The van der Waals surface area contributed by atoms with E-state index in [1.165, 1.54) is 22.6 Å². The Morgan fingerprint density at radius 3 is 2.33 bits per heavy atom. The number of hydrogen-bond acceptors (Lipinski definition) is 3. The summed E-state index contributed by atoms with van der Waals surface area (Å²) in [5.74, 6) is -1.94. The predicted octanol–water partition coefficient (Wildman–Crippen LogP) is 4.50.